The summed E-state index contributed by atoms with van der Waals surface area (Å²) in [6.45, 7) is 1.87. The number of hydrogen-bond acceptors (Lipinski definition) is 4. The summed E-state index contributed by atoms with van der Waals surface area (Å²) in [5.74, 6) is -1.05. The third-order valence-electron chi connectivity index (χ3n) is 3.20. The van der Waals surface area contributed by atoms with Crippen molar-refractivity contribution in [2.75, 3.05) is 5.73 Å². The van der Waals surface area contributed by atoms with Gasteiger partial charge in [-0.15, -0.1) is 0 Å². The van der Waals surface area contributed by atoms with Crippen LogP contribution in [0, 0.1) is 0 Å². The normalized spacial score (nSPS) is 11.6. The SMILES string of the molecule is CC(OC(=O)c1ccc(Cl)cc1N)C(=O)NCc1ccccc1. The Bertz CT molecular complexity index is 704. The topological polar surface area (TPSA) is 81.4 Å². The Labute approximate surface area is 139 Å². The molecule has 0 spiro atoms. The molecule has 23 heavy (non-hydrogen) atoms. The Balaban J connectivity index is 1.91. The van der Waals surface area contributed by atoms with E-state index >= 15 is 0 Å². The van der Waals surface area contributed by atoms with Gasteiger partial charge < -0.3 is 15.8 Å². The maximum absolute atomic E-state index is 12.0. The third-order valence-corrected chi connectivity index (χ3v) is 3.43. The first-order chi connectivity index (χ1) is 11.0. The van der Waals surface area contributed by atoms with Crippen molar-refractivity contribution in [1.29, 1.82) is 0 Å². The highest BCUT2D eigenvalue weighted by molar-refractivity contribution is 6.31. The van der Waals surface area contributed by atoms with Gasteiger partial charge in [-0.1, -0.05) is 41.9 Å². The fourth-order valence-electron chi connectivity index (χ4n) is 1.93. The molecule has 0 radical (unpaired) electrons. The molecular formula is C17H17ClN2O3. The first-order valence-corrected chi connectivity index (χ1v) is 7.43. The van der Waals surface area contributed by atoms with Gasteiger partial charge in [0, 0.05) is 17.3 Å². The molecule has 6 heteroatoms. The highest BCUT2D eigenvalue weighted by atomic mass is 35.5. The van der Waals surface area contributed by atoms with E-state index in [1.54, 1.807) is 0 Å². The van der Waals surface area contributed by atoms with Crippen LogP contribution in [0.5, 0.6) is 0 Å². The number of amides is 1. The predicted molar refractivity (Wildman–Crippen MR) is 89.0 cm³/mol. The molecule has 0 aliphatic heterocycles. The van der Waals surface area contributed by atoms with Crippen LogP contribution in [-0.4, -0.2) is 18.0 Å². The van der Waals surface area contributed by atoms with Crippen LogP contribution in [0.4, 0.5) is 5.69 Å². The lowest BCUT2D eigenvalue weighted by molar-refractivity contribution is -0.129. The van der Waals surface area contributed by atoms with Crippen LogP contribution in [-0.2, 0) is 16.1 Å². The number of hydrogen-bond donors (Lipinski definition) is 2. The highest BCUT2D eigenvalue weighted by Crippen LogP contribution is 2.19. The van der Waals surface area contributed by atoms with E-state index in [1.165, 1.54) is 25.1 Å². The van der Waals surface area contributed by atoms with Crippen molar-refractivity contribution in [3.63, 3.8) is 0 Å². The molecule has 0 aliphatic rings. The Morgan fingerprint density at radius 1 is 1.22 bits per heavy atom. The van der Waals surface area contributed by atoms with Crippen LogP contribution < -0.4 is 11.1 Å². The highest BCUT2D eigenvalue weighted by Gasteiger charge is 2.20. The van der Waals surface area contributed by atoms with Gasteiger partial charge in [-0.25, -0.2) is 4.79 Å². The number of ether oxygens (including phenoxy) is 1. The number of carbonyl (C=O) groups is 2. The van der Waals surface area contributed by atoms with Crippen molar-refractivity contribution >= 4 is 29.2 Å². The van der Waals surface area contributed by atoms with E-state index in [2.05, 4.69) is 5.32 Å². The molecule has 1 atom stereocenters. The molecule has 3 N–H and O–H groups in total. The fraction of sp³-hybridized carbons (Fsp3) is 0.176. The standard InChI is InChI=1S/C17H17ClN2O3/c1-11(16(21)20-10-12-5-3-2-4-6-12)23-17(22)14-8-7-13(18)9-15(14)19/h2-9,11H,10,19H2,1H3,(H,20,21). The summed E-state index contributed by atoms with van der Waals surface area (Å²) in [4.78, 5) is 24.0. The Morgan fingerprint density at radius 3 is 2.57 bits per heavy atom. The van der Waals surface area contributed by atoms with Gasteiger partial charge in [0.1, 0.15) is 0 Å². The minimum Gasteiger partial charge on any atom is -0.449 e. The molecule has 2 aromatic carbocycles. The van der Waals surface area contributed by atoms with E-state index in [1.807, 2.05) is 30.3 Å². The third kappa shape index (κ3) is 4.72. The summed E-state index contributed by atoms with van der Waals surface area (Å²) < 4.78 is 5.13. The van der Waals surface area contributed by atoms with Crippen LogP contribution in [0.3, 0.4) is 0 Å². The van der Waals surface area contributed by atoms with Gasteiger partial charge in [-0.2, -0.15) is 0 Å². The molecule has 0 saturated heterocycles. The number of rotatable bonds is 5. The average Bonchev–Trinajstić information content (AvgIpc) is 2.53. The van der Waals surface area contributed by atoms with Crippen LogP contribution in [0.25, 0.3) is 0 Å². The number of nitrogen functional groups attached to an aromatic ring is 1. The van der Waals surface area contributed by atoms with Gasteiger partial charge in [0.2, 0.25) is 0 Å². The zero-order valence-electron chi connectivity index (χ0n) is 12.6. The summed E-state index contributed by atoms with van der Waals surface area (Å²) in [7, 11) is 0. The van der Waals surface area contributed by atoms with Gasteiger partial charge in [0.05, 0.1) is 5.56 Å². The molecule has 1 unspecified atom stereocenters. The number of anilines is 1. The van der Waals surface area contributed by atoms with Gasteiger partial charge >= 0.3 is 5.97 Å². The molecule has 2 rings (SSSR count). The molecule has 0 saturated carbocycles. The first-order valence-electron chi connectivity index (χ1n) is 7.05. The van der Waals surface area contributed by atoms with Crippen molar-refractivity contribution in [2.24, 2.45) is 0 Å². The number of nitrogens with two attached hydrogens (primary N) is 1. The van der Waals surface area contributed by atoms with Crippen LogP contribution in [0.2, 0.25) is 5.02 Å². The van der Waals surface area contributed by atoms with E-state index in [0.717, 1.165) is 5.56 Å². The van der Waals surface area contributed by atoms with Gasteiger partial charge in [0.15, 0.2) is 6.10 Å². The fourth-order valence-corrected chi connectivity index (χ4v) is 2.11. The zero-order chi connectivity index (χ0) is 16.8. The largest absolute Gasteiger partial charge is 0.449 e. The van der Waals surface area contributed by atoms with E-state index in [-0.39, 0.29) is 17.2 Å². The summed E-state index contributed by atoms with van der Waals surface area (Å²) in [6, 6.07) is 13.9. The summed E-state index contributed by atoms with van der Waals surface area (Å²) in [5.41, 5.74) is 7.07. The Morgan fingerprint density at radius 2 is 1.91 bits per heavy atom. The number of carbonyl (C=O) groups excluding carboxylic acids is 2. The molecule has 5 nitrogen and oxygen atoms in total. The van der Waals surface area contributed by atoms with Gasteiger partial charge in [0.25, 0.3) is 5.91 Å². The molecule has 1 amide bonds. The van der Waals surface area contributed by atoms with Crippen LogP contribution in [0.1, 0.15) is 22.8 Å². The molecule has 0 fully saturated rings. The second-order valence-electron chi connectivity index (χ2n) is 4.98. The van der Waals surface area contributed by atoms with Gasteiger partial charge in [-0.05, 0) is 30.7 Å². The van der Waals surface area contributed by atoms with Crippen molar-refractivity contribution in [1.82, 2.24) is 5.32 Å². The minimum atomic E-state index is -0.929. The molecule has 0 aromatic heterocycles. The van der Waals surface area contributed by atoms with Crippen molar-refractivity contribution < 1.29 is 14.3 Å². The second kappa shape index (κ2) is 7.65. The summed E-state index contributed by atoms with van der Waals surface area (Å²) in [6.07, 6.45) is -0.929. The minimum absolute atomic E-state index is 0.178. The predicted octanol–water partition coefficient (Wildman–Crippen LogP) is 2.78. The molecule has 0 heterocycles. The Hall–Kier alpha value is -2.53. The number of esters is 1. The molecular weight excluding hydrogens is 316 g/mol. The molecule has 2 aromatic rings. The maximum atomic E-state index is 12.0. The van der Waals surface area contributed by atoms with Crippen molar-refractivity contribution in [3.8, 4) is 0 Å². The molecule has 0 aliphatic carbocycles. The van der Waals surface area contributed by atoms with E-state index in [4.69, 9.17) is 22.1 Å². The zero-order valence-corrected chi connectivity index (χ0v) is 13.3. The lowest BCUT2D eigenvalue weighted by Crippen LogP contribution is -2.35. The number of halogens is 1. The van der Waals surface area contributed by atoms with E-state index in [0.29, 0.717) is 11.6 Å². The Kier molecular flexibility index (Phi) is 5.60. The summed E-state index contributed by atoms with van der Waals surface area (Å²) in [5, 5.41) is 3.13. The monoisotopic (exact) mass is 332 g/mol. The molecule has 120 valence electrons. The van der Waals surface area contributed by atoms with E-state index in [9.17, 15) is 9.59 Å². The van der Waals surface area contributed by atoms with Crippen molar-refractivity contribution in [3.05, 3.63) is 64.7 Å². The maximum Gasteiger partial charge on any atom is 0.341 e. The quantitative estimate of drug-likeness (QED) is 0.651. The number of benzene rings is 2. The van der Waals surface area contributed by atoms with Crippen molar-refractivity contribution in [2.45, 2.75) is 19.6 Å². The second-order valence-corrected chi connectivity index (χ2v) is 5.42. The number of nitrogens with one attached hydrogen (secondary N) is 1. The average molecular weight is 333 g/mol. The molecule has 0 bridgehead atoms. The lowest BCUT2D eigenvalue weighted by Gasteiger charge is -2.14. The van der Waals surface area contributed by atoms with E-state index < -0.39 is 12.1 Å². The van der Waals surface area contributed by atoms with Gasteiger partial charge in [-0.3, -0.25) is 4.79 Å². The van der Waals surface area contributed by atoms with Crippen LogP contribution >= 0.6 is 11.6 Å². The lowest BCUT2D eigenvalue weighted by atomic mass is 10.2. The summed E-state index contributed by atoms with van der Waals surface area (Å²) >= 11 is 5.78. The first kappa shape index (κ1) is 16.8. The smallest absolute Gasteiger partial charge is 0.341 e. The van der Waals surface area contributed by atoms with Crippen LogP contribution in [0.15, 0.2) is 48.5 Å².